The van der Waals surface area contributed by atoms with E-state index in [1.54, 1.807) is 7.11 Å². The van der Waals surface area contributed by atoms with E-state index in [1.165, 1.54) is 29.5 Å². The summed E-state index contributed by atoms with van der Waals surface area (Å²) in [4.78, 5) is 0. The molecule has 0 aromatic heterocycles. The normalized spacial score (nSPS) is 14.3. The van der Waals surface area contributed by atoms with E-state index in [4.69, 9.17) is 4.74 Å². The molecular formula is C16H27NO. The number of benzene rings is 1. The summed E-state index contributed by atoms with van der Waals surface area (Å²) < 4.78 is 5.43. The van der Waals surface area contributed by atoms with Gasteiger partial charge in [-0.15, -0.1) is 0 Å². The minimum Gasteiger partial charge on any atom is -0.496 e. The molecule has 2 atom stereocenters. The molecule has 1 rings (SSSR count). The molecule has 2 heteroatoms. The molecule has 0 fully saturated rings. The summed E-state index contributed by atoms with van der Waals surface area (Å²) in [5, 5.41) is 3.43. The second-order valence-electron chi connectivity index (χ2n) is 5.28. The molecule has 0 heterocycles. The van der Waals surface area contributed by atoms with Crippen molar-refractivity contribution in [3.63, 3.8) is 0 Å². The SMILES string of the molecule is CCC(C)CC(NC)c1cc(C)c(OC)c(C)c1. The highest BCUT2D eigenvalue weighted by Crippen LogP contribution is 2.30. The van der Waals surface area contributed by atoms with Crippen molar-refractivity contribution in [2.75, 3.05) is 14.2 Å². The molecule has 0 aliphatic heterocycles. The van der Waals surface area contributed by atoms with Crippen LogP contribution in [0.5, 0.6) is 5.75 Å². The van der Waals surface area contributed by atoms with E-state index in [2.05, 4.69) is 45.1 Å². The Bertz CT molecular complexity index is 364. The van der Waals surface area contributed by atoms with E-state index in [-0.39, 0.29) is 0 Å². The van der Waals surface area contributed by atoms with E-state index in [9.17, 15) is 0 Å². The average molecular weight is 249 g/mol. The summed E-state index contributed by atoms with van der Waals surface area (Å²) in [7, 11) is 3.78. The first-order chi connectivity index (χ1) is 8.53. The van der Waals surface area contributed by atoms with Crippen LogP contribution in [0, 0.1) is 19.8 Å². The van der Waals surface area contributed by atoms with Crippen molar-refractivity contribution in [2.24, 2.45) is 5.92 Å². The van der Waals surface area contributed by atoms with Crippen molar-refractivity contribution in [3.8, 4) is 5.75 Å². The van der Waals surface area contributed by atoms with Gasteiger partial charge in [0.05, 0.1) is 7.11 Å². The molecule has 2 unspecified atom stereocenters. The Kier molecular flexibility index (Phi) is 5.67. The number of hydrogen-bond acceptors (Lipinski definition) is 2. The van der Waals surface area contributed by atoms with Crippen LogP contribution >= 0.6 is 0 Å². The van der Waals surface area contributed by atoms with Gasteiger partial charge in [0.2, 0.25) is 0 Å². The Hall–Kier alpha value is -1.02. The van der Waals surface area contributed by atoms with Crippen LogP contribution in [0.1, 0.15) is 49.4 Å². The summed E-state index contributed by atoms with van der Waals surface area (Å²) in [5.41, 5.74) is 3.81. The summed E-state index contributed by atoms with van der Waals surface area (Å²) in [6.07, 6.45) is 2.41. The van der Waals surface area contributed by atoms with E-state index in [0.717, 1.165) is 11.7 Å². The molecule has 1 N–H and O–H groups in total. The molecular weight excluding hydrogens is 222 g/mol. The van der Waals surface area contributed by atoms with Gasteiger partial charge in [0.15, 0.2) is 0 Å². The number of methoxy groups -OCH3 is 1. The molecule has 0 radical (unpaired) electrons. The molecule has 0 bridgehead atoms. The lowest BCUT2D eigenvalue weighted by Gasteiger charge is -2.22. The van der Waals surface area contributed by atoms with E-state index >= 15 is 0 Å². The summed E-state index contributed by atoms with van der Waals surface area (Å²) in [6.45, 7) is 8.80. The van der Waals surface area contributed by atoms with Crippen molar-refractivity contribution in [3.05, 3.63) is 28.8 Å². The topological polar surface area (TPSA) is 21.3 Å². The Morgan fingerprint density at radius 3 is 2.17 bits per heavy atom. The fraction of sp³-hybridized carbons (Fsp3) is 0.625. The quantitative estimate of drug-likeness (QED) is 0.822. The highest BCUT2D eigenvalue weighted by atomic mass is 16.5. The Morgan fingerprint density at radius 2 is 1.78 bits per heavy atom. The number of aryl methyl sites for hydroxylation is 2. The molecule has 0 saturated carbocycles. The van der Waals surface area contributed by atoms with Crippen molar-refractivity contribution in [1.29, 1.82) is 0 Å². The third kappa shape index (κ3) is 3.49. The number of hydrogen-bond donors (Lipinski definition) is 1. The highest BCUT2D eigenvalue weighted by Gasteiger charge is 2.15. The minimum atomic E-state index is 0.434. The lowest BCUT2D eigenvalue weighted by molar-refractivity contribution is 0.405. The van der Waals surface area contributed by atoms with Gasteiger partial charge in [0, 0.05) is 6.04 Å². The Balaban J connectivity index is 3.00. The molecule has 102 valence electrons. The van der Waals surface area contributed by atoms with Gasteiger partial charge in [-0.1, -0.05) is 32.4 Å². The third-order valence-corrected chi connectivity index (χ3v) is 3.77. The minimum absolute atomic E-state index is 0.434. The van der Waals surface area contributed by atoms with E-state index in [1.807, 2.05) is 7.05 Å². The zero-order valence-electron chi connectivity index (χ0n) is 12.6. The van der Waals surface area contributed by atoms with Gasteiger partial charge >= 0.3 is 0 Å². The third-order valence-electron chi connectivity index (χ3n) is 3.77. The molecule has 0 spiro atoms. The van der Waals surface area contributed by atoms with Gasteiger partial charge in [0.25, 0.3) is 0 Å². The van der Waals surface area contributed by atoms with Crippen LogP contribution in [0.4, 0.5) is 0 Å². The van der Waals surface area contributed by atoms with Crippen molar-refractivity contribution >= 4 is 0 Å². The van der Waals surface area contributed by atoms with Gasteiger partial charge in [-0.2, -0.15) is 0 Å². The molecule has 18 heavy (non-hydrogen) atoms. The van der Waals surface area contributed by atoms with Crippen molar-refractivity contribution < 1.29 is 4.74 Å². The van der Waals surface area contributed by atoms with Crippen LogP contribution < -0.4 is 10.1 Å². The van der Waals surface area contributed by atoms with Crippen LogP contribution in [0.25, 0.3) is 0 Å². The predicted molar refractivity (Wildman–Crippen MR) is 78.3 cm³/mol. The van der Waals surface area contributed by atoms with Gasteiger partial charge < -0.3 is 10.1 Å². The maximum Gasteiger partial charge on any atom is 0.124 e. The monoisotopic (exact) mass is 249 g/mol. The van der Waals surface area contributed by atoms with Crippen LogP contribution in [-0.4, -0.2) is 14.2 Å². The lowest BCUT2D eigenvalue weighted by Crippen LogP contribution is -2.19. The van der Waals surface area contributed by atoms with Crippen LogP contribution in [0.15, 0.2) is 12.1 Å². The molecule has 0 saturated heterocycles. The molecule has 0 amide bonds. The fourth-order valence-corrected chi connectivity index (χ4v) is 2.50. The summed E-state index contributed by atoms with van der Waals surface area (Å²) >= 11 is 0. The lowest BCUT2D eigenvalue weighted by atomic mass is 9.92. The summed E-state index contributed by atoms with van der Waals surface area (Å²) in [6, 6.07) is 4.92. The number of rotatable bonds is 6. The number of nitrogens with one attached hydrogen (secondary N) is 1. The average Bonchev–Trinajstić information content (AvgIpc) is 2.35. The predicted octanol–water partition coefficient (Wildman–Crippen LogP) is 4.01. The van der Waals surface area contributed by atoms with E-state index in [0.29, 0.717) is 6.04 Å². The Labute approximate surface area is 112 Å². The Morgan fingerprint density at radius 1 is 1.22 bits per heavy atom. The maximum absolute atomic E-state index is 5.43. The second-order valence-corrected chi connectivity index (χ2v) is 5.28. The zero-order chi connectivity index (χ0) is 13.7. The van der Waals surface area contributed by atoms with Gasteiger partial charge in [-0.05, 0) is 49.9 Å². The second kappa shape index (κ2) is 6.79. The van der Waals surface area contributed by atoms with Crippen molar-refractivity contribution in [1.82, 2.24) is 5.32 Å². The molecule has 1 aromatic rings. The standard InChI is InChI=1S/C16H27NO/c1-7-11(2)8-15(17-5)14-9-12(3)16(18-6)13(4)10-14/h9-11,15,17H,7-8H2,1-6H3. The van der Waals surface area contributed by atoms with Gasteiger partial charge in [-0.25, -0.2) is 0 Å². The van der Waals surface area contributed by atoms with Crippen molar-refractivity contribution in [2.45, 2.75) is 46.6 Å². The molecule has 0 aliphatic carbocycles. The number of ether oxygens (including phenoxy) is 1. The van der Waals surface area contributed by atoms with Crippen LogP contribution in [-0.2, 0) is 0 Å². The van der Waals surface area contributed by atoms with Crippen LogP contribution in [0.3, 0.4) is 0 Å². The smallest absolute Gasteiger partial charge is 0.124 e. The first-order valence-electron chi connectivity index (χ1n) is 6.85. The molecule has 0 aliphatic rings. The zero-order valence-corrected chi connectivity index (χ0v) is 12.6. The fourth-order valence-electron chi connectivity index (χ4n) is 2.50. The first kappa shape index (κ1) is 15.0. The highest BCUT2D eigenvalue weighted by molar-refractivity contribution is 5.44. The van der Waals surface area contributed by atoms with Crippen LogP contribution in [0.2, 0.25) is 0 Å². The molecule has 1 aromatic carbocycles. The largest absolute Gasteiger partial charge is 0.496 e. The molecule has 2 nitrogen and oxygen atoms in total. The van der Waals surface area contributed by atoms with Gasteiger partial charge in [0.1, 0.15) is 5.75 Å². The first-order valence-corrected chi connectivity index (χ1v) is 6.85. The maximum atomic E-state index is 5.43. The van der Waals surface area contributed by atoms with E-state index < -0.39 is 0 Å². The summed E-state index contributed by atoms with van der Waals surface area (Å²) in [5.74, 6) is 1.75. The van der Waals surface area contributed by atoms with Gasteiger partial charge in [-0.3, -0.25) is 0 Å².